The summed E-state index contributed by atoms with van der Waals surface area (Å²) in [6, 6.07) is 20.4. The number of carbonyl (C=O) groups excluding carboxylic acids is 1. The highest BCUT2D eigenvalue weighted by atomic mass is 35.5. The van der Waals surface area contributed by atoms with Crippen LogP contribution in [-0.4, -0.2) is 49.8 Å². The molecule has 1 fully saturated rings. The molecule has 0 bridgehead atoms. The van der Waals surface area contributed by atoms with Crippen molar-refractivity contribution in [2.24, 2.45) is 5.92 Å². The van der Waals surface area contributed by atoms with E-state index < -0.39 is 10.0 Å². The lowest BCUT2D eigenvalue weighted by atomic mass is 9.99. The van der Waals surface area contributed by atoms with E-state index in [9.17, 15) is 13.2 Å². The third-order valence-electron chi connectivity index (χ3n) is 6.79. The Morgan fingerprint density at radius 3 is 2.73 bits per heavy atom. The quantitative estimate of drug-likeness (QED) is 0.307. The highest BCUT2D eigenvalue weighted by molar-refractivity contribution is 7.89. The topological polar surface area (TPSA) is 91.4 Å². The van der Waals surface area contributed by atoms with E-state index in [1.54, 1.807) is 18.3 Å². The summed E-state index contributed by atoms with van der Waals surface area (Å²) in [5.41, 5.74) is 1.79. The minimum Gasteiger partial charge on any atom is -0.384 e. The summed E-state index contributed by atoms with van der Waals surface area (Å²) in [6.45, 7) is 1.81. The van der Waals surface area contributed by atoms with E-state index in [0.29, 0.717) is 37.5 Å². The van der Waals surface area contributed by atoms with Gasteiger partial charge in [-0.05, 0) is 66.4 Å². The van der Waals surface area contributed by atoms with Gasteiger partial charge < -0.3 is 10.6 Å². The lowest BCUT2D eigenvalue weighted by Gasteiger charge is -2.31. The number of fused-ring (bicyclic) bond motifs is 2. The Labute approximate surface area is 221 Å². The van der Waals surface area contributed by atoms with Crippen molar-refractivity contribution in [2.75, 3.05) is 31.5 Å². The Kier molecular flexibility index (Phi) is 7.60. The summed E-state index contributed by atoms with van der Waals surface area (Å²) in [4.78, 5) is 17.5. The van der Waals surface area contributed by atoms with Gasteiger partial charge in [0.15, 0.2) is 0 Å². The minimum absolute atomic E-state index is 0.0950. The second-order valence-corrected chi connectivity index (χ2v) is 11.7. The molecule has 0 aliphatic carbocycles. The molecule has 1 atom stereocenters. The van der Waals surface area contributed by atoms with Crippen LogP contribution in [0.4, 0.5) is 5.69 Å². The zero-order valence-corrected chi connectivity index (χ0v) is 21.9. The number of rotatable bonds is 8. The molecule has 2 N–H and O–H groups in total. The Hall–Kier alpha value is -3.20. The molecule has 5 rings (SSSR count). The van der Waals surface area contributed by atoms with Crippen molar-refractivity contribution in [2.45, 2.75) is 24.2 Å². The van der Waals surface area contributed by atoms with Crippen LogP contribution in [0, 0.1) is 5.92 Å². The van der Waals surface area contributed by atoms with Crippen LogP contribution in [0.3, 0.4) is 0 Å². The molecule has 1 aliphatic heterocycles. The maximum Gasteiger partial charge on any atom is 0.243 e. The van der Waals surface area contributed by atoms with Gasteiger partial charge in [-0.2, -0.15) is 4.31 Å². The smallest absolute Gasteiger partial charge is 0.243 e. The van der Waals surface area contributed by atoms with Crippen molar-refractivity contribution in [3.05, 3.63) is 77.9 Å². The zero-order chi connectivity index (χ0) is 25.8. The average molecular weight is 537 g/mol. The van der Waals surface area contributed by atoms with Crippen molar-refractivity contribution in [3.63, 3.8) is 0 Å². The number of anilines is 1. The molecular formula is C28H29ClN4O3S. The molecule has 192 valence electrons. The molecule has 1 saturated heterocycles. The number of nitrogens with zero attached hydrogens (tertiary/aromatic N) is 2. The number of aromatic nitrogens is 1. The van der Waals surface area contributed by atoms with E-state index in [1.165, 1.54) is 4.31 Å². The Morgan fingerprint density at radius 2 is 1.86 bits per heavy atom. The van der Waals surface area contributed by atoms with Crippen molar-refractivity contribution in [1.82, 2.24) is 14.6 Å². The van der Waals surface area contributed by atoms with Crippen LogP contribution in [0.1, 0.15) is 19.3 Å². The maximum absolute atomic E-state index is 13.3. The van der Waals surface area contributed by atoms with Crippen molar-refractivity contribution in [3.8, 4) is 0 Å². The number of halogens is 1. The summed E-state index contributed by atoms with van der Waals surface area (Å²) in [7, 11) is -3.67. The molecule has 2 heterocycles. The van der Waals surface area contributed by atoms with E-state index in [1.807, 2.05) is 54.6 Å². The standard InChI is InChI=1S/C28H29ClN4O3S/c29-23-9-11-25-26(12-15-31-27(25)18-23)30-13-4-14-32-28(34)22-7-3-16-33(19-22)37(35,36)24-10-8-20-5-1-2-6-21(20)17-24/h1-2,5-6,8-12,15,17-18,22H,3-4,7,13-14,16,19H2,(H,30,31)(H,32,34). The molecule has 1 unspecified atom stereocenters. The van der Waals surface area contributed by atoms with Gasteiger partial charge in [0.05, 0.1) is 16.3 Å². The second kappa shape index (κ2) is 11.0. The lowest BCUT2D eigenvalue weighted by molar-refractivity contribution is -0.126. The van der Waals surface area contributed by atoms with E-state index >= 15 is 0 Å². The average Bonchev–Trinajstić information content (AvgIpc) is 2.92. The number of benzene rings is 3. The summed E-state index contributed by atoms with van der Waals surface area (Å²) in [5.74, 6) is -0.451. The van der Waals surface area contributed by atoms with Gasteiger partial charge in [-0.15, -0.1) is 0 Å². The van der Waals surface area contributed by atoms with Crippen LogP contribution in [-0.2, 0) is 14.8 Å². The number of nitrogens with one attached hydrogen (secondary N) is 2. The first kappa shape index (κ1) is 25.4. The largest absolute Gasteiger partial charge is 0.384 e. The SMILES string of the molecule is O=C(NCCCNc1ccnc2cc(Cl)ccc12)C1CCCN(S(=O)(=O)c2ccc3ccccc3c2)C1. The van der Waals surface area contributed by atoms with Gasteiger partial charge in [0.25, 0.3) is 0 Å². The fourth-order valence-corrected chi connectivity index (χ4v) is 6.52. The predicted molar refractivity (Wildman–Crippen MR) is 148 cm³/mol. The van der Waals surface area contributed by atoms with E-state index in [0.717, 1.165) is 33.8 Å². The molecule has 0 saturated carbocycles. The molecule has 1 aliphatic rings. The summed E-state index contributed by atoms with van der Waals surface area (Å²) < 4.78 is 28.1. The molecule has 9 heteroatoms. The summed E-state index contributed by atoms with van der Waals surface area (Å²) >= 11 is 6.06. The number of hydrogen-bond acceptors (Lipinski definition) is 5. The number of amides is 1. The summed E-state index contributed by atoms with van der Waals surface area (Å²) in [5, 5.41) is 9.90. The van der Waals surface area contributed by atoms with E-state index in [-0.39, 0.29) is 23.3 Å². The maximum atomic E-state index is 13.3. The number of piperidine rings is 1. The number of hydrogen-bond donors (Lipinski definition) is 2. The number of carbonyl (C=O) groups is 1. The first-order valence-corrected chi connectivity index (χ1v) is 14.3. The van der Waals surface area contributed by atoms with Crippen LogP contribution in [0.2, 0.25) is 5.02 Å². The van der Waals surface area contributed by atoms with Gasteiger partial charge >= 0.3 is 0 Å². The highest BCUT2D eigenvalue weighted by Crippen LogP contribution is 2.27. The fourth-order valence-electron chi connectivity index (χ4n) is 4.79. The normalized spacial score (nSPS) is 16.6. The molecule has 7 nitrogen and oxygen atoms in total. The van der Waals surface area contributed by atoms with Crippen molar-refractivity contribution >= 4 is 54.9 Å². The van der Waals surface area contributed by atoms with Crippen LogP contribution in [0.15, 0.2) is 77.8 Å². The van der Waals surface area contributed by atoms with E-state index in [4.69, 9.17) is 11.6 Å². The van der Waals surface area contributed by atoms with Gasteiger partial charge in [-0.1, -0.05) is 41.9 Å². The number of pyridine rings is 1. The fraction of sp³-hybridized carbons (Fsp3) is 0.286. The Bertz CT molecular complexity index is 1540. The molecule has 4 aromatic rings. The molecule has 37 heavy (non-hydrogen) atoms. The van der Waals surface area contributed by atoms with Crippen LogP contribution in [0.25, 0.3) is 21.7 Å². The minimum atomic E-state index is -3.67. The van der Waals surface area contributed by atoms with Gasteiger partial charge in [-0.25, -0.2) is 8.42 Å². The van der Waals surface area contributed by atoms with Gasteiger partial charge in [0, 0.05) is 48.5 Å². The lowest BCUT2D eigenvalue weighted by Crippen LogP contribution is -2.45. The second-order valence-electron chi connectivity index (χ2n) is 9.30. The summed E-state index contributed by atoms with van der Waals surface area (Å²) in [6.07, 6.45) is 3.81. The van der Waals surface area contributed by atoms with Gasteiger partial charge in [-0.3, -0.25) is 9.78 Å². The van der Waals surface area contributed by atoms with Gasteiger partial charge in [0.1, 0.15) is 0 Å². The first-order chi connectivity index (χ1) is 17.9. The predicted octanol–water partition coefficient (Wildman–Crippen LogP) is 5.06. The molecule has 0 radical (unpaired) electrons. The molecule has 1 aromatic heterocycles. The van der Waals surface area contributed by atoms with Gasteiger partial charge in [0.2, 0.25) is 15.9 Å². The van der Waals surface area contributed by atoms with Crippen molar-refractivity contribution in [1.29, 1.82) is 0 Å². The molecule has 1 amide bonds. The highest BCUT2D eigenvalue weighted by Gasteiger charge is 2.33. The number of sulfonamides is 1. The molecular weight excluding hydrogens is 508 g/mol. The molecule has 0 spiro atoms. The zero-order valence-electron chi connectivity index (χ0n) is 20.4. The molecule has 3 aromatic carbocycles. The van der Waals surface area contributed by atoms with Crippen LogP contribution in [0.5, 0.6) is 0 Å². The monoisotopic (exact) mass is 536 g/mol. The Balaban J connectivity index is 1.14. The first-order valence-electron chi connectivity index (χ1n) is 12.5. The van der Waals surface area contributed by atoms with E-state index in [2.05, 4.69) is 15.6 Å². The Morgan fingerprint density at radius 1 is 1.03 bits per heavy atom. The van der Waals surface area contributed by atoms with Crippen molar-refractivity contribution < 1.29 is 13.2 Å². The third-order valence-corrected chi connectivity index (χ3v) is 8.88. The van der Waals surface area contributed by atoms with Crippen LogP contribution < -0.4 is 10.6 Å². The third kappa shape index (κ3) is 5.71. The van der Waals surface area contributed by atoms with Crippen LogP contribution >= 0.6 is 11.6 Å².